The fraction of sp³-hybridized carbons (Fsp3) is 0.182. The molecule has 0 atom stereocenters. The molecule has 2 aromatic rings. The first kappa shape index (κ1) is 17.6. The van der Waals surface area contributed by atoms with Crippen LogP contribution >= 0.6 is 0 Å². The zero-order chi connectivity index (χ0) is 17.5. The Hall–Kier alpha value is -2.74. The molecule has 0 bridgehead atoms. The summed E-state index contributed by atoms with van der Waals surface area (Å²) >= 11 is 0. The smallest absolute Gasteiger partial charge is 0.0382 e. The van der Waals surface area contributed by atoms with E-state index in [2.05, 4.69) is 78.9 Å². The minimum absolute atomic E-state index is 0.898. The Bertz CT molecular complexity index is 722. The van der Waals surface area contributed by atoms with Crippen molar-refractivity contribution < 1.29 is 0 Å². The number of hydrogen-bond acceptors (Lipinski definition) is 2. The maximum atomic E-state index is 4.13. The van der Waals surface area contributed by atoms with E-state index in [1.165, 1.54) is 5.56 Å². The van der Waals surface area contributed by atoms with E-state index in [0.29, 0.717) is 0 Å². The molecule has 0 aliphatic carbocycles. The standard InChI is InChI=1S/C22H26N2/c1-16(2)20-10-14-22(15-11-20)24-18(5)6-7-19-8-12-21(13-9-19)23-17(3)4/h8-15,23-24H,1,3,5-7H2,2,4H3. The minimum atomic E-state index is 0.898. The fourth-order valence-corrected chi connectivity index (χ4v) is 2.40. The molecule has 2 rings (SSSR count). The summed E-state index contributed by atoms with van der Waals surface area (Å²) in [6.45, 7) is 15.9. The summed E-state index contributed by atoms with van der Waals surface area (Å²) in [5.41, 5.74) is 7.62. The number of rotatable bonds is 8. The molecular formula is C22H26N2. The maximum absolute atomic E-state index is 4.13. The molecule has 0 saturated carbocycles. The molecule has 24 heavy (non-hydrogen) atoms. The van der Waals surface area contributed by atoms with Crippen LogP contribution in [0.3, 0.4) is 0 Å². The highest BCUT2D eigenvalue weighted by Gasteiger charge is 2.00. The van der Waals surface area contributed by atoms with Crippen molar-refractivity contribution in [1.82, 2.24) is 0 Å². The second-order valence-electron chi connectivity index (χ2n) is 6.19. The van der Waals surface area contributed by atoms with Gasteiger partial charge in [-0.15, -0.1) is 0 Å². The molecule has 0 heterocycles. The Labute approximate surface area is 145 Å². The molecule has 0 saturated heterocycles. The molecule has 124 valence electrons. The van der Waals surface area contributed by atoms with Gasteiger partial charge >= 0.3 is 0 Å². The Balaban J connectivity index is 1.84. The van der Waals surface area contributed by atoms with E-state index >= 15 is 0 Å². The quantitative estimate of drug-likeness (QED) is 0.603. The first-order valence-electron chi connectivity index (χ1n) is 8.16. The Morgan fingerprint density at radius 1 is 0.792 bits per heavy atom. The van der Waals surface area contributed by atoms with Crippen molar-refractivity contribution in [1.29, 1.82) is 0 Å². The highest BCUT2D eigenvalue weighted by Crippen LogP contribution is 2.18. The number of nitrogens with one attached hydrogen (secondary N) is 2. The van der Waals surface area contributed by atoms with Crippen molar-refractivity contribution >= 4 is 16.9 Å². The van der Waals surface area contributed by atoms with Gasteiger partial charge in [0.05, 0.1) is 0 Å². The number of aryl methyl sites for hydroxylation is 1. The largest absolute Gasteiger partial charge is 0.360 e. The summed E-state index contributed by atoms with van der Waals surface area (Å²) in [7, 11) is 0. The second-order valence-corrected chi connectivity index (χ2v) is 6.19. The lowest BCUT2D eigenvalue weighted by molar-refractivity contribution is 0.950. The predicted molar refractivity (Wildman–Crippen MR) is 107 cm³/mol. The summed E-state index contributed by atoms with van der Waals surface area (Å²) in [6, 6.07) is 16.7. The third-order valence-electron chi connectivity index (χ3n) is 3.73. The van der Waals surface area contributed by atoms with Gasteiger partial charge in [0.25, 0.3) is 0 Å². The number of benzene rings is 2. The molecule has 0 radical (unpaired) electrons. The lowest BCUT2D eigenvalue weighted by atomic mass is 10.1. The monoisotopic (exact) mass is 318 g/mol. The number of anilines is 2. The average Bonchev–Trinajstić information content (AvgIpc) is 2.54. The zero-order valence-corrected chi connectivity index (χ0v) is 14.7. The van der Waals surface area contributed by atoms with Gasteiger partial charge in [-0.2, -0.15) is 0 Å². The second kappa shape index (κ2) is 8.21. The van der Waals surface area contributed by atoms with Gasteiger partial charge in [0.2, 0.25) is 0 Å². The molecule has 0 fully saturated rings. The summed E-state index contributed by atoms with van der Waals surface area (Å²) in [4.78, 5) is 0. The SMILES string of the molecule is C=C(C)Nc1ccc(CCC(=C)Nc2ccc(C(=C)C)cc2)cc1. The number of allylic oxidation sites excluding steroid dienone is 3. The van der Waals surface area contributed by atoms with Crippen molar-refractivity contribution in [3.05, 3.63) is 90.8 Å². The predicted octanol–water partition coefficient (Wildman–Crippen LogP) is 6.22. The van der Waals surface area contributed by atoms with E-state index < -0.39 is 0 Å². The fourth-order valence-electron chi connectivity index (χ4n) is 2.40. The van der Waals surface area contributed by atoms with Gasteiger partial charge in [0.1, 0.15) is 0 Å². The average molecular weight is 318 g/mol. The van der Waals surface area contributed by atoms with Crippen molar-refractivity contribution in [2.75, 3.05) is 10.6 Å². The summed E-state index contributed by atoms with van der Waals surface area (Å²) in [6.07, 6.45) is 1.86. The van der Waals surface area contributed by atoms with Crippen LogP contribution in [0.2, 0.25) is 0 Å². The normalized spacial score (nSPS) is 10.1. The molecule has 2 N–H and O–H groups in total. The molecule has 2 heteroatoms. The lowest BCUT2D eigenvalue weighted by Gasteiger charge is -2.11. The van der Waals surface area contributed by atoms with E-state index in [1.807, 2.05) is 13.8 Å². The van der Waals surface area contributed by atoms with Crippen LogP contribution in [0.15, 0.2) is 79.7 Å². The molecule has 0 spiro atoms. The molecule has 0 unspecified atom stereocenters. The van der Waals surface area contributed by atoms with Crippen LogP contribution in [0.5, 0.6) is 0 Å². The molecule has 0 aliphatic rings. The van der Waals surface area contributed by atoms with Crippen molar-refractivity contribution in [2.24, 2.45) is 0 Å². The van der Waals surface area contributed by atoms with Crippen molar-refractivity contribution in [2.45, 2.75) is 26.7 Å². The Kier molecular flexibility index (Phi) is 6.02. The van der Waals surface area contributed by atoms with Crippen LogP contribution in [0.25, 0.3) is 5.57 Å². The van der Waals surface area contributed by atoms with Crippen LogP contribution in [-0.4, -0.2) is 0 Å². The van der Waals surface area contributed by atoms with Crippen LogP contribution in [0, 0.1) is 0 Å². The Morgan fingerprint density at radius 3 is 1.88 bits per heavy atom. The first-order valence-corrected chi connectivity index (χ1v) is 8.16. The van der Waals surface area contributed by atoms with Crippen LogP contribution in [0.4, 0.5) is 11.4 Å². The highest BCUT2D eigenvalue weighted by molar-refractivity contribution is 5.64. The van der Waals surface area contributed by atoms with Gasteiger partial charge in [0.15, 0.2) is 0 Å². The zero-order valence-electron chi connectivity index (χ0n) is 14.7. The molecule has 0 aromatic heterocycles. The first-order chi connectivity index (χ1) is 11.4. The molecule has 0 amide bonds. The van der Waals surface area contributed by atoms with Gasteiger partial charge in [0, 0.05) is 22.8 Å². The summed E-state index contributed by atoms with van der Waals surface area (Å²) in [5.74, 6) is 0. The van der Waals surface area contributed by atoms with Crippen molar-refractivity contribution in [3.63, 3.8) is 0 Å². The number of hydrogen-bond donors (Lipinski definition) is 2. The molecule has 2 aromatic carbocycles. The Morgan fingerprint density at radius 2 is 1.33 bits per heavy atom. The van der Waals surface area contributed by atoms with Crippen LogP contribution < -0.4 is 10.6 Å². The molecular weight excluding hydrogens is 292 g/mol. The van der Waals surface area contributed by atoms with Crippen molar-refractivity contribution in [3.8, 4) is 0 Å². The van der Waals surface area contributed by atoms with E-state index in [0.717, 1.165) is 46.7 Å². The molecule has 2 nitrogen and oxygen atoms in total. The van der Waals surface area contributed by atoms with Crippen LogP contribution in [0.1, 0.15) is 31.4 Å². The highest BCUT2D eigenvalue weighted by atomic mass is 14.9. The van der Waals surface area contributed by atoms with Gasteiger partial charge < -0.3 is 10.6 Å². The van der Waals surface area contributed by atoms with E-state index in [-0.39, 0.29) is 0 Å². The van der Waals surface area contributed by atoms with Crippen LogP contribution in [-0.2, 0) is 6.42 Å². The third kappa shape index (κ3) is 5.47. The van der Waals surface area contributed by atoms with E-state index in [9.17, 15) is 0 Å². The third-order valence-corrected chi connectivity index (χ3v) is 3.73. The molecule has 0 aliphatic heterocycles. The topological polar surface area (TPSA) is 24.1 Å². The van der Waals surface area contributed by atoms with Gasteiger partial charge in [-0.3, -0.25) is 0 Å². The van der Waals surface area contributed by atoms with Gasteiger partial charge in [-0.25, -0.2) is 0 Å². The van der Waals surface area contributed by atoms with E-state index in [1.54, 1.807) is 0 Å². The maximum Gasteiger partial charge on any atom is 0.0382 e. The summed E-state index contributed by atoms with van der Waals surface area (Å²) < 4.78 is 0. The lowest BCUT2D eigenvalue weighted by Crippen LogP contribution is -2.00. The summed E-state index contributed by atoms with van der Waals surface area (Å²) in [5, 5.41) is 6.58. The van der Waals surface area contributed by atoms with E-state index in [4.69, 9.17) is 0 Å². The van der Waals surface area contributed by atoms with Gasteiger partial charge in [-0.05, 0) is 62.1 Å². The minimum Gasteiger partial charge on any atom is -0.360 e. The van der Waals surface area contributed by atoms with Gasteiger partial charge in [-0.1, -0.05) is 49.6 Å².